The molecule has 2 fully saturated rings. The van der Waals surface area contributed by atoms with Gasteiger partial charge in [-0.2, -0.15) is 0 Å². The fraction of sp³-hybridized carbons (Fsp3) is 0.542. The molecule has 3 atom stereocenters. The number of hydrogen-bond acceptors (Lipinski definition) is 4. The molecule has 0 aliphatic heterocycles. The Balaban J connectivity index is 1.66. The van der Waals surface area contributed by atoms with Gasteiger partial charge in [0.2, 0.25) is 0 Å². The SMILES string of the molecule is C=C1CC[C@H]2C(C)(C)CCC[C@]2(C)[C@H]1COC(=O)/C=C/c1ccc(O)c(O)c1. The van der Waals surface area contributed by atoms with Crippen molar-refractivity contribution in [3.63, 3.8) is 0 Å². The van der Waals surface area contributed by atoms with Crippen LogP contribution in [0.3, 0.4) is 0 Å². The first-order valence-electron chi connectivity index (χ1n) is 10.2. The lowest BCUT2D eigenvalue weighted by Gasteiger charge is -2.57. The minimum Gasteiger partial charge on any atom is -0.504 e. The van der Waals surface area contributed by atoms with Gasteiger partial charge < -0.3 is 14.9 Å². The number of aromatic hydroxyl groups is 2. The van der Waals surface area contributed by atoms with E-state index in [0.29, 0.717) is 23.5 Å². The van der Waals surface area contributed by atoms with Crippen LogP contribution in [0, 0.1) is 22.7 Å². The van der Waals surface area contributed by atoms with Crippen LogP contribution in [0.5, 0.6) is 11.5 Å². The number of phenols is 2. The summed E-state index contributed by atoms with van der Waals surface area (Å²) < 4.78 is 5.61. The predicted molar refractivity (Wildman–Crippen MR) is 111 cm³/mol. The lowest BCUT2D eigenvalue weighted by atomic mass is 9.48. The predicted octanol–water partition coefficient (Wildman–Crippen LogP) is 5.45. The Hall–Kier alpha value is -2.23. The number of hydrogen-bond donors (Lipinski definition) is 2. The first-order chi connectivity index (χ1) is 13.1. The minimum atomic E-state index is -0.402. The van der Waals surface area contributed by atoms with Crippen LogP contribution in [-0.2, 0) is 9.53 Å². The molecule has 1 aromatic carbocycles. The van der Waals surface area contributed by atoms with Gasteiger partial charge in [-0.25, -0.2) is 4.79 Å². The summed E-state index contributed by atoms with van der Waals surface area (Å²) in [4.78, 5) is 12.3. The summed E-state index contributed by atoms with van der Waals surface area (Å²) in [5.74, 6) is 0.0159. The average Bonchev–Trinajstić information content (AvgIpc) is 2.61. The molecule has 0 unspecified atom stereocenters. The lowest BCUT2D eigenvalue weighted by Crippen LogP contribution is -2.50. The lowest BCUT2D eigenvalue weighted by molar-refractivity contribution is -0.143. The molecule has 2 aliphatic rings. The Kier molecular flexibility index (Phi) is 5.60. The number of carbonyl (C=O) groups excluding carboxylic acids is 1. The van der Waals surface area contributed by atoms with E-state index in [4.69, 9.17) is 4.74 Å². The molecule has 152 valence electrons. The highest BCUT2D eigenvalue weighted by Crippen LogP contribution is 2.60. The fourth-order valence-corrected chi connectivity index (χ4v) is 5.60. The van der Waals surface area contributed by atoms with Crippen LogP contribution >= 0.6 is 0 Å². The van der Waals surface area contributed by atoms with E-state index in [1.54, 1.807) is 12.1 Å². The van der Waals surface area contributed by atoms with Crippen molar-refractivity contribution in [2.75, 3.05) is 6.61 Å². The summed E-state index contributed by atoms with van der Waals surface area (Å²) in [5.41, 5.74) is 2.27. The first-order valence-corrected chi connectivity index (χ1v) is 10.2. The van der Waals surface area contributed by atoms with Gasteiger partial charge in [0.1, 0.15) is 0 Å². The summed E-state index contributed by atoms with van der Waals surface area (Å²) >= 11 is 0. The number of phenolic OH excluding ortho intramolecular Hbond substituents is 2. The van der Waals surface area contributed by atoms with Crippen LogP contribution in [0.15, 0.2) is 36.4 Å². The molecule has 2 N–H and O–H groups in total. The van der Waals surface area contributed by atoms with Crippen LogP contribution in [0.2, 0.25) is 0 Å². The molecule has 2 aliphatic carbocycles. The van der Waals surface area contributed by atoms with Gasteiger partial charge in [-0.05, 0) is 66.2 Å². The molecule has 2 saturated carbocycles. The molecule has 0 saturated heterocycles. The number of ether oxygens (including phenoxy) is 1. The van der Waals surface area contributed by atoms with Crippen molar-refractivity contribution < 1.29 is 19.7 Å². The molecule has 1 aromatic rings. The summed E-state index contributed by atoms with van der Waals surface area (Å²) in [6, 6.07) is 4.41. The quantitative estimate of drug-likeness (QED) is 0.313. The fourth-order valence-electron chi connectivity index (χ4n) is 5.60. The topological polar surface area (TPSA) is 66.8 Å². The van der Waals surface area contributed by atoms with Gasteiger partial charge in [-0.1, -0.05) is 45.4 Å². The summed E-state index contributed by atoms with van der Waals surface area (Å²) in [6.07, 6.45) is 8.75. The van der Waals surface area contributed by atoms with Gasteiger partial charge in [0.25, 0.3) is 0 Å². The molecule has 28 heavy (non-hydrogen) atoms. The maximum Gasteiger partial charge on any atom is 0.330 e. The summed E-state index contributed by atoms with van der Waals surface area (Å²) in [7, 11) is 0. The maximum atomic E-state index is 12.3. The Morgan fingerprint density at radius 2 is 2.00 bits per heavy atom. The molecule has 0 bridgehead atoms. The Bertz CT molecular complexity index is 792. The smallest absolute Gasteiger partial charge is 0.330 e. The van der Waals surface area contributed by atoms with Gasteiger partial charge >= 0.3 is 5.97 Å². The molecule has 0 spiro atoms. The van der Waals surface area contributed by atoms with E-state index in [-0.39, 0.29) is 22.8 Å². The third-order valence-corrected chi connectivity index (χ3v) is 7.12. The number of carbonyl (C=O) groups is 1. The monoisotopic (exact) mass is 384 g/mol. The van der Waals surface area contributed by atoms with Crippen LogP contribution in [0.1, 0.15) is 58.4 Å². The number of rotatable bonds is 4. The maximum absolute atomic E-state index is 12.3. The second-order valence-electron chi connectivity index (χ2n) is 9.36. The van der Waals surface area contributed by atoms with Gasteiger partial charge in [-0.15, -0.1) is 0 Å². The zero-order valence-electron chi connectivity index (χ0n) is 17.2. The second-order valence-corrected chi connectivity index (χ2v) is 9.36. The van der Waals surface area contributed by atoms with E-state index in [2.05, 4.69) is 27.4 Å². The highest BCUT2D eigenvalue weighted by molar-refractivity contribution is 5.87. The van der Waals surface area contributed by atoms with E-state index in [9.17, 15) is 15.0 Å². The van der Waals surface area contributed by atoms with Gasteiger partial charge in [-0.3, -0.25) is 0 Å². The van der Waals surface area contributed by atoms with E-state index < -0.39 is 5.97 Å². The Morgan fingerprint density at radius 1 is 1.25 bits per heavy atom. The van der Waals surface area contributed by atoms with E-state index >= 15 is 0 Å². The van der Waals surface area contributed by atoms with Gasteiger partial charge in [0.15, 0.2) is 11.5 Å². The van der Waals surface area contributed by atoms with Crippen molar-refractivity contribution in [2.45, 2.75) is 52.9 Å². The van der Waals surface area contributed by atoms with Crippen LogP contribution in [0.4, 0.5) is 0 Å². The van der Waals surface area contributed by atoms with E-state index in [1.807, 2.05) is 0 Å². The minimum absolute atomic E-state index is 0.129. The van der Waals surface area contributed by atoms with Crippen molar-refractivity contribution >= 4 is 12.0 Å². The van der Waals surface area contributed by atoms with Gasteiger partial charge in [0.05, 0.1) is 6.61 Å². The standard InChI is InChI=1S/C24H32O4/c1-16-6-10-21-23(2,3)12-5-13-24(21,4)18(16)15-28-22(27)11-8-17-7-9-19(25)20(26)14-17/h7-9,11,14,18,21,25-26H,1,5-6,10,12-13,15H2,2-4H3/b11-8+/t18-,21-,24+/m0/s1. The average molecular weight is 385 g/mol. The van der Waals surface area contributed by atoms with Crippen molar-refractivity contribution in [3.8, 4) is 11.5 Å². The van der Waals surface area contributed by atoms with Crippen molar-refractivity contribution in [1.82, 2.24) is 0 Å². The number of fused-ring (bicyclic) bond motifs is 1. The van der Waals surface area contributed by atoms with Crippen LogP contribution < -0.4 is 0 Å². The zero-order valence-corrected chi connectivity index (χ0v) is 17.2. The molecule has 4 heteroatoms. The van der Waals surface area contributed by atoms with Crippen molar-refractivity contribution in [3.05, 3.63) is 42.0 Å². The third kappa shape index (κ3) is 3.96. The zero-order chi connectivity index (χ0) is 20.5. The molecule has 4 nitrogen and oxygen atoms in total. The van der Waals surface area contributed by atoms with Crippen molar-refractivity contribution in [2.24, 2.45) is 22.7 Å². The molecular weight excluding hydrogens is 352 g/mol. The van der Waals surface area contributed by atoms with Crippen LogP contribution in [0.25, 0.3) is 6.08 Å². The number of esters is 1. The third-order valence-electron chi connectivity index (χ3n) is 7.12. The van der Waals surface area contributed by atoms with Crippen molar-refractivity contribution in [1.29, 1.82) is 0 Å². The van der Waals surface area contributed by atoms with E-state index in [0.717, 1.165) is 12.8 Å². The molecule has 0 radical (unpaired) electrons. The molecular formula is C24H32O4. The highest BCUT2D eigenvalue weighted by atomic mass is 16.5. The molecule has 0 heterocycles. The summed E-state index contributed by atoms with van der Waals surface area (Å²) in [5, 5.41) is 18.9. The molecule has 0 aromatic heterocycles. The second kappa shape index (κ2) is 7.65. The Labute approximate surface area is 167 Å². The van der Waals surface area contributed by atoms with Crippen LogP contribution in [-0.4, -0.2) is 22.8 Å². The van der Waals surface area contributed by atoms with E-state index in [1.165, 1.54) is 43.0 Å². The number of benzene rings is 1. The summed E-state index contributed by atoms with van der Waals surface area (Å²) in [6.45, 7) is 11.8. The normalized spacial score (nSPS) is 29.5. The van der Waals surface area contributed by atoms with Gasteiger partial charge in [0, 0.05) is 12.0 Å². The first kappa shape index (κ1) is 20.5. The highest BCUT2D eigenvalue weighted by Gasteiger charge is 2.53. The Morgan fingerprint density at radius 3 is 2.71 bits per heavy atom. The largest absolute Gasteiger partial charge is 0.504 e. The molecule has 0 amide bonds. The molecule has 3 rings (SSSR count).